The molecule has 3 rings (SSSR count). The van der Waals surface area contributed by atoms with Crippen molar-refractivity contribution in [1.29, 1.82) is 0 Å². The van der Waals surface area contributed by atoms with Crippen LogP contribution in [-0.4, -0.2) is 11.1 Å². The molecular formula is C18H16N4O2. The van der Waals surface area contributed by atoms with Gasteiger partial charge in [-0.2, -0.15) is 10.2 Å². The smallest absolute Gasteiger partial charge is 0.261 e. The first-order valence-corrected chi connectivity index (χ1v) is 7.44. The summed E-state index contributed by atoms with van der Waals surface area (Å²) in [5.74, 6) is 0.253. The van der Waals surface area contributed by atoms with Gasteiger partial charge < -0.3 is 9.84 Å². The molecule has 1 aromatic heterocycles. The maximum Gasteiger partial charge on any atom is 0.261 e. The first-order chi connectivity index (χ1) is 11.6. The molecule has 1 amide bonds. The largest absolute Gasteiger partial charge is 0.361 e. The predicted octanol–water partition coefficient (Wildman–Crippen LogP) is 4.96. The van der Waals surface area contributed by atoms with E-state index in [4.69, 9.17) is 4.52 Å². The summed E-state index contributed by atoms with van der Waals surface area (Å²) < 4.78 is 5.01. The molecule has 2 aromatic carbocycles. The second kappa shape index (κ2) is 6.87. The number of aryl methyl sites for hydroxylation is 2. The van der Waals surface area contributed by atoms with E-state index in [1.807, 2.05) is 30.3 Å². The van der Waals surface area contributed by atoms with E-state index in [-0.39, 0.29) is 5.91 Å². The third kappa shape index (κ3) is 3.55. The molecule has 6 nitrogen and oxygen atoms in total. The molecule has 24 heavy (non-hydrogen) atoms. The topological polar surface area (TPSA) is 79.9 Å². The van der Waals surface area contributed by atoms with Crippen LogP contribution in [0.2, 0.25) is 0 Å². The summed E-state index contributed by atoms with van der Waals surface area (Å²) in [7, 11) is 0. The molecule has 0 aliphatic rings. The molecule has 120 valence electrons. The summed E-state index contributed by atoms with van der Waals surface area (Å²) in [6.45, 7) is 3.44. The van der Waals surface area contributed by atoms with Gasteiger partial charge in [-0.15, -0.1) is 0 Å². The fraction of sp³-hybridized carbons (Fsp3) is 0.111. The molecule has 0 fully saturated rings. The number of benzene rings is 2. The van der Waals surface area contributed by atoms with Crippen molar-refractivity contribution >= 4 is 23.0 Å². The van der Waals surface area contributed by atoms with Crippen LogP contribution in [-0.2, 0) is 0 Å². The molecule has 0 radical (unpaired) electrons. The summed E-state index contributed by atoms with van der Waals surface area (Å²) in [6, 6.07) is 16.6. The molecule has 1 heterocycles. The Labute approximate surface area is 139 Å². The Morgan fingerprint density at radius 3 is 2.17 bits per heavy atom. The second-order valence-electron chi connectivity index (χ2n) is 5.24. The van der Waals surface area contributed by atoms with Crippen molar-refractivity contribution in [3.8, 4) is 0 Å². The fourth-order valence-electron chi connectivity index (χ4n) is 2.22. The number of hydrogen-bond donors (Lipinski definition) is 1. The first-order valence-electron chi connectivity index (χ1n) is 7.44. The van der Waals surface area contributed by atoms with Crippen molar-refractivity contribution in [1.82, 2.24) is 5.16 Å². The molecule has 3 aromatic rings. The number of carbonyl (C=O) groups is 1. The standard InChI is InChI=1S/C18H16N4O2/c1-12-17(13(2)24-22-12)18(23)19-14-8-10-16(11-9-14)21-20-15-6-4-3-5-7-15/h3-11H,1-2H3,(H,19,23). The van der Waals surface area contributed by atoms with Crippen LogP contribution in [0.4, 0.5) is 17.1 Å². The van der Waals surface area contributed by atoms with Crippen molar-refractivity contribution in [3.63, 3.8) is 0 Å². The SMILES string of the molecule is Cc1noc(C)c1C(=O)Nc1ccc(N=Nc2ccccc2)cc1. The van der Waals surface area contributed by atoms with E-state index in [0.717, 1.165) is 5.69 Å². The molecule has 1 N–H and O–H groups in total. The van der Waals surface area contributed by atoms with Crippen LogP contribution in [0.15, 0.2) is 69.3 Å². The van der Waals surface area contributed by atoms with Crippen molar-refractivity contribution in [2.24, 2.45) is 10.2 Å². The number of amides is 1. The van der Waals surface area contributed by atoms with Gasteiger partial charge in [0.25, 0.3) is 5.91 Å². The average Bonchev–Trinajstić information content (AvgIpc) is 2.94. The van der Waals surface area contributed by atoms with Crippen LogP contribution in [0.3, 0.4) is 0 Å². The number of aromatic nitrogens is 1. The predicted molar refractivity (Wildman–Crippen MR) is 91.0 cm³/mol. The maximum absolute atomic E-state index is 12.3. The summed E-state index contributed by atoms with van der Waals surface area (Å²) in [6.07, 6.45) is 0. The Morgan fingerprint density at radius 2 is 1.58 bits per heavy atom. The van der Waals surface area contributed by atoms with E-state index in [2.05, 4.69) is 20.7 Å². The van der Waals surface area contributed by atoms with Gasteiger partial charge in [0.1, 0.15) is 11.3 Å². The van der Waals surface area contributed by atoms with Crippen molar-refractivity contribution < 1.29 is 9.32 Å². The molecule has 0 aliphatic carbocycles. The molecule has 0 atom stereocenters. The number of azo groups is 1. The number of anilines is 1. The lowest BCUT2D eigenvalue weighted by Gasteiger charge is -2.04. The number of nitrogens with one attached hydrogen (secondary N) is 1. The number of hydrogen-bond acceptors (Lipinski definition) is 5. The number of nitrogens with zero attached hydrogens (tertiary/aromatic N) is 3. The van der Waals surface area contributed by atoms with Gasteiger partial charge in [-0.05, 0) is 50.2 Å². The number of rotatable bonds is 4. The van der Waals surface area contributed by atoms with E-state index in [1.165, 1.54) is 0 Å². The van der Waals surface area contributed by atoms with Crippen molar-refractivity contribution in [2.45, 2.75) is 13.8 Å². The van der Waals surface area contributed by atoms with Gasteiger partial charge in [0.15, 0.2) is 0 Å². The molecular weight excluding hydrogens is 304 g/mol. The lowest BCUT2D eigenvalue weighted by atomic mass is 10.2. The van der Waals surface area contributed by atoms with Gasteiger partial charge in [-0.1, -0.05) is 23.4 Å². The van der Waals surface area contributed by atoms with Gasteiger partial charge in [-0.25, -0.2) is 0 Å². The van der Waals surface area contributed by atoms with E-state index < -0.39 is 0 Å². The average molecular weight is 320 g/mol. The lowest BCUT2D eigenvalue weighted by molar-refractivity contribution is 0.102. The third-order valence-corrected chi connectivity index (χ3v) is 3.42. The van der Waals surface area contributed by atoms with E-state index in [1.54, 1.807) is 38.1 Å². The molecule has 6 heteroatoms. The van der Waals surface area contributed by atoms with Crippen LogP contribution in [0.5, 0.6) is 0 Å². The van der Waals surface area contributed by atoms with E-state index >= 15 is 0 Å². The minimum atomic E-state index is -0.245. The maximum atomic E-state index is 12.3. The monoisotopic (exact) mass is 320 g/mol. The Kier molecular flexibility index (Phi) is 4.47. The van der Waals surface area contributed by atoms with Crippen molar-refractivity contribution in [2.75, 3.05) is 5.32 Å². The minimum absolute atomic E-state index is 0.245. The summed E-state index contributed by atoms with van der Waals surface area (Å²) in [5.41, 5.74) is 3.18. The summed E-state index contributed by atoms with van der Waals surface area (Å²) >= 11 is 0. The van der Waals surface area contributed by atoms with Gasteiger partial charge in [-0.3, -0.25) is 4.79 Å². The van der Waals surface area contributed by atoms with Crippen LogP contribution in [0.25, 0.3) is 0 Å². The summed E-state index contributed by atoms with van der Waals surface area (Å²) in [5, 5.41) is 14.9. The van der Waals surface area contributed by atoms with Gasteiger partial charge in [0, 0.05) is 5.69 Å². The highest BCUT2D eigenvalue weighted by Gasteiger charge is 2.17. The van der Waals surface area contributed by atoms with Crippen LogP contribution in [0.1, 0.15) is 21.8 Å². The van der Waals surface area contributed by atoms with E-state index in [9.17, 15) is 4.79 Å². The zero-order valence-corrected chi connectivity index (χ0v) is 13.4. The second-order valence-corrected chi connectivity index (χ2v) is 5.24. The van der Waals surface area contributed by atoms with Crippen molar-refractivity contribution in [3.05, 3.63) is 71.6 Å². The van der Waals surface area contributed by atoms with Gasteiger partial charge >= 0.3 is 0 Å². The first kappa shape index (κ1) is 15.6. The summed E-state index contributed by atoms with van der Waals surface area (Å²) in [4.78, 5) is 12.3. The highest BCUT2D eigenvalue weighted by atomic mass is 16.5. The Hall–Kier alpha value is -3.28. The highest BCUT2D eigenvalue weighted by molar-refractivity contribution is 6.05. The van der Waals surface area contributed by atoms with Crippen LogP contribution in [0, 0.1) is 13.8 Å². The zero-order chi connectivity index (χ0) is 16.9. The molecule has 0 saturated carbocycles. The Morgan fingerprint density at radius 1 is 0.958 bits per heavy atom. The van der Waals surface area contributed by atoms with Gasteiger partial charge in [0.05, 0.1) is 17.1 Å². The fourth-order valence-corrected chi connectivity index (χ4v) is 2.22. The van der Waals surface area contributed by atoms with E-state index in [0.29, 0.717) is 28.4 Å². The molecule has 0 spiro atoms. The quantitative estimate of drug-likeness (QED) is 0.690. The molecule has 0 saturated heterocycles. The number of carbonyl (C=O) groups excluding carboxylic acids is 1. The minimum Gasteiger partial charge on any atom is -0.361 e. The third-order valence-electron chi connectivity index (χ3n) is 3.42. The Balaban J connectivity index is 1.69. The molecule has 0 bridgehead atoms. The molecule has 0 unspecified atom stereocenters. The molecule has 0 aliphatic heterocycles. The van der Waals surface area contributed by atoms with Crippen LogP contribution < -0.4 is 5.32 Å². The van der Waals surface area contributed by atoms with Gasteiger partial charge in [0.2, 0.25) is 0 Å². The van der Waals surface area contributed by atoms with Crippen LogP contribution >= 0.6 is 0 Å². The highest BCUT2D eigenvalue weighted by Crippen LogP contribution is 2.21. The Bertz CT molecular complexity index is 848. The zero-order valence-electron chi connectivity index (χ0n) is 13.4. The normalized spacial score (nSPS) is 10.9. The lowest BCUT2D eigenvalue weighted by Crippen LogP contribution is -2.13.